The summed E-state index contributed by atoms with van der Waals surface area (Å²) in [6.07, 6.45) is 7.68. The lowest BCUT2D eigenvalue weighted by Gasteiger charge is -2.48. The van der Waals surface area contributed by atoms with E-state index in [-0.39, 0.29) is 24.0 Å². The van der Waals surface area contributed by atoms with Crippen LogP contribution in [0.15, 0.2) is 35.3 Å². The van der Waals surface area contributed by atoms with E-state index in [1.165, 1.54) is 44.2 Å². The standard InChI is InChI=1S/C24H38N4O.HI/c1-25-24(26-13-6-16-29-19-21-10-11-21)28-15-12-23-22(18-28)9-5-14-27(23)17-20-7-3-2-4-8-20;/h2-4,7-8,21-23H,5-6,9-19H2,1H3,(H,25,26);1H. The minimum atomic E-state index is 0. The van der Waals surface area contributed by atoms with Gasteiger partial charge in [0.25, 0.3) is 0 Å². The first-order valence-electron chi connectivity index (χ1n) is 11.6. The number of guanidine groups is 1. The monoisotopic (exact) mass is 526 g/mol. The summed E-state index contributed by atoms with van der Waals surface area (Å²) in [5, 5.41) is 3.57. The number of benzene rings is 1. The van der Waals surface area contributed by atoms with Gasteiger partial charge >= 0.3 is 0 Å². The normalized spacial score (nSPS) is 24.8. The molecule has 2 unspecified atom stereocenters. The third kappa shape index (κ3) is 6.82. The fraction of sp³-hybridized carbons (Fsp3) is 0.708. The Morgan fingerprint density at radius 1 is 1.13 bits per heavy atom. The summed E-state index contributed by atoms with van der Waals surface area (Å²) in [5.74, 6) is 2.68. The Morgan fingerprint density at radius 2 is 1.97 bits per heavy atom. The van der Waals surface area contributed by atoms with E-state index in [2.05, 4.69) is 50.4 Å². The first-order valence-corrected chi connectivity index (χ1v) is 11.6. The van der Waals surface area contributed by atoms with Crippen molar-refractivity contribution < 1.29 is 4.74 Å². The van der Waals surface area contributed by atoms with Gasteiger partial charge in [-0.2, -0.15) is 0 Å². The molecule has 2 saturated heterocycles. The third-order valence-electron chi connectivity index (χ3n) is 6.72. The molecule has 0 aromatic heterocycles. The largest absolute Gasteiger partial charge is 0.381 e. The molecule has 0 bridgehead atoms. The summed E-state index contributed by atoms with van der Waals surface area (Å²) >= 11 is 0. The topological polar surface area (TPSA) is 40.1 Å². The van der Waals surface area contributed by atoms with Crippen LogP contribution >= 0.6 is 24.0 Å². The molecule has 0 radical (unpaired) electrons. The van der Waals surface area contributed by atoms with Crippen molar-refractivity contribution >= 4 is 29.9 Å². The molecule has 5 nitrogen and oxygen atoms in total. The van der Waals surface area contributed by atoms with Gasteiger partial charge in [0.2, 0.25) is 0 Å². The van der Waals surface area contributed by atoms with Gasteiger partial charge in [0.1, 0.15) is 0 Å². The zero-order valence-corrected chi connectivity index (χ0v) is 20.8. The molecule has 168 valence electrons. The number of rotatable bonds is 8. The van der Waals surface area contributed by atoms with Crippen molar-refractivity contribution in [2.75, 3.05) is 46.4 Å². The van der Waals surface area contributed by atoms with Crippen molar-refractivity contribution in [2.45, 2.75) is 51.1 Å². The lowest BCUT2D eigenvalue weighted by atomic mass is 9.83. The van der Waals surface area contributed by atoms with Gasteiger partial charge in [-0.3, -0.25) is 9.89 Å². The Labute approximate surface area is 199 Å². The molecule has 1 aromatic rings. The summed E-state index contributed by atoms with van der Waals surface area (Å²) in [7, 11) is 1.92. The minimum Gasteiger partial charge on any atom is -0.381 e. The van der Waals surface area contributed by atoms with Gasteiger partial charge in [0, 0.05) is 52.5 Å². The quantitative estimate of drug-likeness (QED) is 0.241. The van der Waals surface area contributed by atoms with Crippen LogP contribution in [0.25, 0.3) is 0 Å². The molecule has 1 N–H and O–H groups in total. The number of halogens is 1. The Hall–Kier alpha value is -0.860. The number of piperidine rings is 2. The molecule has 2 atom stereocenters. The number of nitrogens with one attached hydrogen (secondary N) is 1. The molecule has 0 spiro atoms. The van der Waals surface area contributed by atoms with Crippen LogP contribution in [0.1, 0.15) is 44.1 Å². The lowest BCUT2D eigenvalue weighted by molar-refractivity contribution is 0.0372. The number of hydrogen-bond acceptors (Lipinski definition) is 3. The summed E-state index contributed by atoms with van der Waals surface area (Å²) in [4.78, 5) is 9.78. The van der Waals surface area contributed by atoms with Gasteiger partial charge in [-0.05, 0) is 62.5 Å². The number of hydrogen-bond donors (Lipinski definition) is 1. The molecule has 1 aromatic carbocycles. The van der Waals surface area contributed by atoms with Crippen LogP contribution < -0.4 is 5.32 Å². The summed E-state index contributed by atoms with van der Waals surface area (Å²) in [5.41, 5.74) is 1.44. The van der Waals surface area contributed by atoms with Crippen molar-refractivity contribution in [3.05, 3.63) is 35.9 Å². The van der Waals surface area contributed by atoms with E-state index in [1.807, 2.05) is 7.05 Å². The molecule has 6 heteroatoms. The average Bonchev–Trinajstić information content (AvgIpc) is 3.58. The molecule has 4 rings (SSSR count). The van der Waals surface area contributed by atoms with Crippen molar-refractivity contribution in [3.8, 4) is 0 Å². The van der Waals surface area contributed by atoms with Crippen LogP contribution in [0, 0.1) is 11.8 Å². The van der Waals surface area contributed by atoms with Crippen LogP contribution in [-0.2, 0) is 11.3 Å². The van der Waals surface area contributed by atoms with E-state index < -0.39 is 0 Å². The molecule has 3 fully saturated rings. The first-order chi connectivity index (χ1) is 14.3. The van der Waals surface area contributed by atoms with Crippen LogP contribution in [-0.4, -0.2) is 68.2 Å². The van der Waals surface area contributed by atoms with Gasteiger partial charge in [-0.15, -0.1) is 24.0 Å². The highest BCUT2D eigenvalue weighted by Gasteiger charge is 2.36. The van der Waals surface area contributed by atoms with E-state index in [4.69, 9.17) is 4.74 Å². The second kappa shape index (κ2) is 12.2. The molecule has 2 aliphatic heterocycles. The van der Waals surface area contributed by atoms with E-state index in [1.54, 1.807) is 0 Å². The maximum absolute atomic E-state index is 5.75. The van der Waals surface area contributed by atoms with E-state index in [0.29, 0.717) is 6.04 Å². The van der Waals surface area contributed by atoms with Gasteiger partial charge in [0.05, 0.1) is 0 Å². The van der Waals surface area contributed by atoms with Crippen molar-refractivity contribution in [1.29, 1.82) is 0 Å². The molecule has 0 amide bonds. The SMILES string of the molecule is CN=C(NCCCOCC1CC1)N1CCC2C(CCCN2Cc2ccccc2)C1.I. The van der Waals surface area contributed by atoms with Crippen molar-refractivity contribution in [1.82, 2.24) is 15.1 Å². The highest BCUT2D eigenvalue weighted by atomic mass is 127. The predicted octanol–water partition coefficient (Wildman–Crippen LogP) is 3.98. The fourth-order valence-electron chi connectivity index (χ4n) is 4.95. The lowest BCUT2D eigenvalue weighted by Crippen LogP contribution is -2.56. The van der Waals surface area contributed by atoms with Gasteiger partial charge in [-0.1, -0.05) is 30.3 Å². The molecule has 30 heavy (non-hydrogen) atoms. The Bertz CT molecular complexity index is 652. The van der Waals surface area contributed by atoms with E-state index >= 15 is 0 Å². The second-order valence-electron chi connectivity index (χ2n) is 9.01. The van der Waals surface area contributed by atoms with Crippen LogP contribution in [0.3, 0.4) is 0 Å². The summed E-state index contributed by atoms with van der Waals surface area (Å²) in [6, 6.07) is 11.7. The predicted molar refractivity (Wildman–Crippen MR) is 134 cm³/mol. The zero-order chi connectivity index (χ0) is 19.9. The number of ether oxygens (including phenoxy) is 1. The number of nitrogens with zero attached hydrogens (tertiary/aromatic N) is 3. The van der Waals surface area contributed by atoms with E-state index in [0.717, 1.165) is 63.6 Å². The Kier molecular flexibility index (Phi) is 9.71. The molecule has 2 heterocycles. The maximum Gasteiger partial charge on any atom is 0.193 e. The average molecular weight is 527 g/mol. The number of fused-ring (bicyclic) bond motifs is 1. The zero-order valence-electron chi connectivity index (χ0n) is 18.5. The highest BCUT2D eigenvalue weighted by molar-refractivity contribution is 14.0. The van der Waals surface area contributed by atoms with Crippen molar-refractivity contribution in [3.63, 3.8) is 0 Å². The summed E-state index contributed by atoms with van der Waals surface area (Å²) in [6.45, 7) is 7.34. The minimum absolute atomic E-state index is 0. The summed E-state index contributed by atoms with van der Waals surface area (Å²) < 4.78 is 5.75. The van der Waals surface area contributed by atoms with Gasteiger partial charge in [0.15, 0.2) is 5.96 Å². The molecule has 1 saturated carbocycles. The van der Waals surface area contributed by atoms with Crippen LogP contribution in [0.4, 0.5) is 0 Å². The molecular weight excluding hydrogens is 487 g/mol. The molecule has 1 aliphatic carbocycles. The van der Waals surface area contributed by atoms with Crippen LogP contribution in [0.5, 0.6) is 0 Å². The molecule has 3 aliphatic rings. The number of aliphatic imine (C=N–C) groups is 1. The smallest absolute Gasteiger partial charge is 0.193 e. The first kappa shape index (κ1) is 23.8. The van der Waals surface area contributed by atoms with Gasteiger partial charge < -0.3 is 15.0 Å². The van der Waals surface area contributed by atoms with E-state index in [9.17, 15) is 0 Å². The number of likely N-dealkylation sites (tertiary alicyclic amines) is 2. The van der Waals surface area contributed by atoms with Gasteiger partial charge in [-0.25, -0.2) is 0 Å². The Morgan fingerprint density at radius 3 is 2.73 bits per heavy atom. The maximum atomic E-state index is 5.75. The van der Waals surface area contributed by atoms with Crippen LogP contribution in [0.2, 0.25) is 0 Å². The third-order valence-corrected chi connectivity index (χ3v) is 6.72. The Balaban J connectivity index is 0.00000256. The highest BCUT2D eigenvalue weighted by Crippen LogP contribution is 2.31. The fourth-order valence-corrected chi connectivity index (χ4v) is 4.95. The molecular formula is C24H39IN4O. The van der Waals surface area contributed by atoms with Crippen molar-refractivity contribution in [2.24, 2.45) is 16.8 Å². The second-order valence-corrected chi connectivity index (χ2v) is 9.01.